The number of thiophene rings is 1. The van der Waals surface area contributed by atoms with Crippen molar-refractivity contribution >= 4 is 23.2 Å². The Kier molecular flexibility index (Phi) is 5.28. The number of likely N-dealkylation sites (N-methyl/N-ethyl adjacent to an activating group) is 1. The molecule has 0 radical (unpaired) electrons. The number of fused-ring (bicyclic) bond motifs is 1. The maximum atomic E-state index is 13.6. The lowest BCUT2D eigenvalue weighted by Crippen LogP contribution is -2.50. The minimum Gasteiger partial charge on any atom is -0.352 e. The molecule has 0 bridgehead atoms. The van der Waals surface area contributed by atoms with Crippen LogP contribution in [-0.4, -0.2) is 29.8 Å². The molecule has 4 nitrogen and oxygen atoms in total. The number of carbonyl (C=O) groups excluding carboxylic acids is 2. The second-order valence-electron chi connectivity index (χ2n) is 8.32. The molecule has 5 heteroatoms. The molecule has 4 rings (SSSR count). The van der Waals surface area contributed by atoms with E-state index in [-0.39, 0.29) is 29.8 Å². The smallest absolute Gasteiger partial charge is 0.254 e. The largest absolute Gasteiger partial charge is 0.352 e. The Morgan fingerprint density at radius 2 is 1.93 bits per heavy atom. The number of nitrogens with zero attached hydrogens (tertiary/aromatic N) is 1. The molecule has 1 saturated carbocycles. The van der Waals surface area contributed by atoms with Crippen LogP contribution in [0.1, 0.15) is 65.9 Å². The van der Waals surface area contributed by atoms with E-state index in [9.17, 15) is 9.59 Å². The van der Waals surface area contributed by atoms with E-state index in [0.717, 1.165) is 23.3 Å². The molecule has 2 aromatic rings. The summed E-state index contributed by atoms with van der Waals surface area (Å²) in [4.78, 5) is 29.4. The van der Waals surface area contributed by atoms with Crippen LogP contribution in [0.25, 0.3) is 0 Å². The molecule has 1 aliphatic carbocycles. The molecule has 1 aromatic carbocycles. The second kappa shape index (κ2) is 7.70. The summed E-state index contributed by atoms with van der Waals surface area (Å²) in [5.74, 6) is 0.724. The molecule has 2 heterocycles. The van der Waals surface area contributed by atoms with Crippen LogP contribution < -0.4 is 5.32 Å². The van der Waals surface area contributed by atoms with Gasteiger partial charge in [0.2, 0.25) is 5.91 Å². The Morgan fingerprint density at radius 1 is 1.14 bits per heavy atom. The Hall–Kier alpha value is -2.14. The standard InChI is InChI=1S/C23H28N2O2S/c1-14-8-6-11-18(15(14)2)24-22(26)20-16-9-4-5-10-17(16)23(27)25(3)21(20)19-12-7-13-28-19/h4-5,7,9-10,12-15,18,20-21H,6,8,11H2,1-3H3,(H,24,26). The van der Waals surface area contributed by atoms with Crippen LogP contribution in [0, 0.1) is 11.8 Å². The number of benzene rings is 1. The lowest BCUT2D eigenvalue weighted by atomic mass is 9.77. The molecule has 1 N–H and O–H groups in total. The second-order valence-corrected chi connectivity index (χ2v) is 9.30. The monoisotopic (exact) mass is 396 g/mol. The van der Waals surface area contributed by atoms with Crippen LogP contribution in [0.2, 0.25) is 0 Å². The lowest BCUT2D eigenvalue weighted by Gasteiger charge is -2.41. The fraction of sp³-hybridized carbons (Fsp3) is 0.478. The number of carbonyl (C=O) groups is 2. The van der Waals surface area contributed by atoms with Gasteiger partial charge in [0.1, 0.15) is 0 Å². The van der Waals surface area contributed by atoms with Gasteiger partial charge in [-0.15, -0.1) is 11.3 Å². The first-order chi connectivity index (χ1) is 13.5. The topological polar surface area (TPSA) is 49.4 Å². The molecule has 1 aromatic heterocycles. The first kappa shape index (κ1) is 19.2. The fourth-order valence-electron chi connectivity index (χ4n) is 4.83. The summed E-state index contributed by atoms with van der Waals surface area (Å²) in [6.45, 7) is 4.52. The molecule has 5 unspecified atom stereocenters. The van der Waals surface area contributed by atoms with Crippen molar-refractivity contribution in [3.8, 4) is 0 Å². The molecule has 0 saturated heterocycles. The van der Waals surface area contributed by atoms with E-state index in [1.807, 2.05) is 48.8 Å². The first-order valence-electron chi connectivity index (χ1n) is 10.2. The van der Waals surface area contributed by atoms with Gasteiger partial charge in [-0.3, -0.25) is 9.59 Å². The average molecular weight is 397 g/mol. The van der Waals surface area contributed by atoms with Gasteiger partial charge in [-0.25, -0.2) is 0 Å². The van der Waals surface area contributed by atoms with Crippen LogP contribution in [0.3, 0.4) is 0 Å². The summed E-state index contributed by atoms with van der Waals surface area (Å²) >= 11 is 1.60. The SMILES string of the molecule is CC1CCCC(NC(=O)C2c3ccccc3C(=O)N(C)C2c2cccs2)C1C. The zero-order valence-electron chi connectivity index (χ0n) is 16.7. The van der Waals surface area contributed by atoms with Gasteiger partial charge in [0, 0.05) is 23.5 Å². The van der Waals surface area contributed by atoms with Crippen molar-refractivity contribution in [2.75, 3.05) is 7.05 Å². The number of rotatable bonds is 3. The summed E-state index contributed by atoms with van der Waals surface area (Å²) < 4.78 is 0. The molecule has 2 aliphatic rings. The van der Waals surface area contributed by atoms with E-state index in [1.54, 1.807) is 16.2 Å². The summed E-state index contributed by atoms with van der Waals surface area (Å²) in [5.41, 5.74) is 1.49. The molecule has 1 fully saturated rings. The third-order valence-corrected chi connectivity index (χ3v) is 7.67. The van der Waals surface area contributed by atoms with Crippen LogP contribution in [0.4, 0.5) is 0 Å². The third kappa shape index (κ3) is 3.26. The summed E-state index contributed by atoms with van der Waals surface area (Å²) in [7, 11) is 1.81. The molecule has 28 heavy (non-hydrogen) atoms. The highest BCUT2D eigenvalue weighted by atomic mass is 32.1. The highest BCUT2D eigenvalue weighted by Crippen LogP contribution is 2.43. The van der Waals surface area contributed by atoms with Crippen molar-refractivity contribution in [1.29, 1.82) is 0 Å². The maximum absolute atomic E-state index is 13.6. The summed E-state index contributed by atoms with van der Waals surface area (Å²) in [6.07, 6.45) is 3.42. The van der Waals surface area contributed by atoms with Crippen LogP contribution >= 0.6 is 11.3 Å². The summed E-state index contributed by atoms with van der Waals surface area (Å²) in [5, 5.41) is 5.37. The molecule has 2 amide bonds. The number of amides is 2. The van der Waals surface area contributed by atoms with Gasteiger partial charge < -0.3 is 10.2 Å². The van der Waals surface area contributed by atoms with Crippen LogP contribution in [0.15, 0.2) is 41.8 Å². The van der Waals surface area contributed by atoms with E-state index >= 15 is 0 Å². The summed E-state index contributed by atoms with van der Waals surface area (Å²) in [6, 6.07) is 11.5. The van der Waals surface area contributed by atoms with Crippen molar-refractivity contribution in [2.24, 2.45) is 11.8 Å². The average Bonchev–Trinajstić information content (AvgIpc) is 3.22. The predicted octanol–water partition coefficient (Wildman–Crippen LogP) is 4.60. The Labute approximate surface area is 170 Å². The van der Waals surface area contributed by atoms with Gasteiger partial charge in [-0.05, 0) is 41.3 Å². The molecule has 1 aliphatic heterocycles. The molecule has 0 spiro atoms. The molecular formula is C23H28N2O2S. The van der Waals surface area contributed by atoms with E-state index in [2.05, 4.69) is 19.2 Å². The number of hydrogen-bond donors (Lipinski definition) is 1. The van der Waals surface area contributed by atoms with Crippen molar-refractivity contribution in [1.82, 2.24) is 10.2 Å². The highest BCUT2D eigenvalue weighted by Gasteiger charge is 2.44. The normalized spacial score (nSPS) is 30.0. The molecular weight excluding hydrogens is 368 g/mol. The van der Waals surface area contributed by atoms with Crippen LogP contribution in [0.5, 0.6) is 0 Å². The van der Waals surface area contributed by atoms with E-state index in [0.29, 0.717) is 17.4 Å². The van der Waals surface area contributed by atoms with E-state index in [1.165, 1.54) is 6.42 Å². The van der Waals surface area contributed by atoms with Crippen molar-refractivity contribution < 1.29 is 9.59 Å². The Bertz CT molecular complexity index is 863. The van der Waals surface area contributed by atoms with Crippen molar-refractivity contribution in [2.45, 2.75) is 51.1 Å². The lowest BCUT2D eigenvalue weighted by molar-refractivity contribution is -0.125. The van der Waals surface area contributed by atoms with Gasteiger partial charge >= 0.3 is 0 Å². The fourth-order valence-corrected chi connectivity index (χ4v) is 5.74. The zero-order chi connectivity index (χ0) is 19.8. The van der Waals surface area contributed by atoms with Crippen molar-refractivity contribution in [3.63, 3.8) is 0 Å². The molecule has 5 atom stereocenters. The van der Waals surface area contributed by atoms with E-state index in [4.69, 9.17) is 0 Å². The number of hydrogen-bond acceptors (Lipinski definition) is 3. The van der Waals surface area contributed by atoms with Crippen molar-refractivity contribution in [3.05, 3.63) is 57.8 Å². The number of nitrogens with one attached hydrogen (secondary N) is 1. The first-order valence-corrected chi connectivity index (χ1v) is 11.1. The van der Waals surface area contributed by atoms with Gasteiger partial charge in [-0.1, -0.05) is 51.0 Å². The minimum atomic E-state index is -0.387. The van der Waals surface area contributed by atoms with Gasteiger partial charge in [0.25, 0.3) is 5.91 Å². The van der Waals surface area contributed by atoms with E-state index < -0.39 is 0 Å². The zero-order valence-corrected chi connectivity index (χ0v) is 17.5. The van der Waals surface area contributed by atoms with Gasteiger partial charge in [-0.2, -0.15) is 0 Å². The highest BCUT2D eigenvalue weighted by molar-refractivity contribution is 7.10. The minimum absolute atomic E-state index is 0.0160. The predicted molar refractivity (Wildman–Crippen MR) is 112 cm³/mol. The Balaban J connectivity index is 1.71. The van der Waals surface area contributed by atoms with Crippen LogP contribution in [-0.2, 0) is 4.79 Å². The van der Waals surface area contributed by atoms with Gasteiger partial charge in [0.15, 0.2) is 0 Å². The van der Waals surface area contributed by atoms with Gasteiger partial charge in [0.05, 0.1) is 12.0 Å². The maximum Gasteiger partial charge on any atom is 0.254 e. The Morgan fingerprint density at radius 3 is 2.68 bits per heavy atom. The third-order valence-electron chi connectivity index (χ3n) is 6.73. The molecule has 148 valence electrons. The quantitative estimate of drug-likeness (QED) is 0.824.